The van der Waals surface area contributed by atoms with Crippen LogP contribution in [0.1, 0.15) is 191 Å². The number of fused-ring (bicyclic) bond motifs is 27. The first-order valence-corrected chi connectivity index (χ1v) is 52.0. The Kier molecular flexibility index (Phi) is 20.4. The number of para-hydroxylation sites is 2. The second-order valence-corrected chi connectivity index (χ2v) is 46.3. The highest BCUT2D eigenvalue weighted by molar-refractivity contribution is 6.09. The van der Waals surface area contributed by atoms with E-state index >= 15 is 0 Å². The highest BCUT2D eigenvalue weighted by Crippen LogP contribution is 2.63. The van der Waals surface area contributed by atoms with Gasteiger partial charge in [-0.15, -0.1) is 0 Å². The largest absolute Gasteiger partial charge is 0.456 e. The Bertz CT molecular complexity index is 8910. The molecule has 0 unspecified atom stereocenters. The third-order valence-electron chi connectivity index (χ3n) is 36.4. The van der Waals surface area contributed by atoms with Crippen LogP contribution in [0.2, 0.25) is 0 Å². The van der Waals surface area contributed by atoms with E-state index in [0.717, 1.165) is 50.4 Å². The molecule has 1 aromatic heterocycles. The SMILES string of the molecule is CC1(C)c2cc(N(c3ccc(-c4ccccc4)cc3)c3ccc4c(c3)C(C)(C)C(C)(C)c3ccccc3-4)ccc2-c2ccc3ccccc3c21.CC1(C)c2ccccc2-c2c1ccc1cc(N(c3ccc4c(c3)C(C)(C)C(C)(C)c3ccccc3-4)c3ccc4c(c3)oc3ccccc34)ccc21.CC1(C)c2ccccc2-c2c1ccc1cc(N(c3ccccc3)c3ccc4c(c3)C(C)(C)C(C)(C)c3ccccc3-4)ccc21. The first-order chi connectivity index (χ1) is 69.7. The maximum Gasteiger partial charge on any atom is 0.137 e. The van der Waals surface area contributed by atoms with Gasteiger partial charge in [-0.25, -0.2) is 0 Å². The summed E-state index contributed by atoms with van der Waals surface area (Å²) in [5.74, 6) is 0. The van der Waals surface area contributed by atoms with Gasteiger partial charge in [0.05, 0.1) is 0 Å². The number of benzene rings is 20. The van der Waals surface area contributed by atoms with Crippen LogP contribution in [0.25, 0.3) is 132 Å². The standard InChI is InChI=1S/C49H41NO.C49H43N.C43H39N/c1-47(2)40-16-10-8-15-39(40)46-34-23-20-31(27-30(34)19-26-42(46)47)50(33-22-25-38-37-14-9-12-18-44(37)51-45(38)29-33)32-21-24-36-35-13-7-11-17-41(35)48(3,4)49(5,6)43(36)28-32;1-47(2)44-30-36(26-29-41(44)42-27-22-34-16-10-11-17-38(34)46(42)47)50(35-23-20-33(21-24-35)32-14-8-7-9-15-32)37-25-28-40-39-18-12-13-19-43(39)48(3,4)49(5,6)45(40)31-37;1-41(2)36-18-12-11-17-35(36)40-32-23-21-30(26-28(32)20-25-38(40)41)44(29-14-8-7-9-15-29)31-22-24-34-33-16-10-13-19-37(33)42(3,4)43(5,6)39(34)27-31/h7-29H,1-6H3;7-31H,1-6H3;7-27H,1-6H3. The second kappa shape index (κ2) is 32.7. The molecular formula is C141H123N3O. The maximum atomic E-state index is 6.45. The zero-order valence-electron chi connectivity index (χ0n) is 86.6. The van der Waals surface area contributed by atoms with E-state index in [1.54, 1.807) is 0 Å². The Morgan fingerprint density at radius 1 is 0.159 bits per heavy atom. The molecule has 0 bridgehead atoms. The maximum absolute atomic E-state index is 6.45. The quantitative estimate of drug-likeness (QED) is 0.136. The number of anilines is 9. The molecule has 20 aromatic carbocycles. The van der Waals surface area contributed by atoms with E-state index < -0.39 is 0 Å². The van der Waals surface area contributed by atoms with Crippen LogP contribution in [-0.4, -0.2) is 0 Å². The van der Waals surface area contributed by atoms with Gasteiger partial charge in [0.15, 0.2) is 0 Å². The van der Waals surface area contributed by atoms with Crippen molar-refractivity contribution in [3.05, 3.63) is 485 Å². The van der Waals surface area contributed by atoms with E-state index in [2.05, 4.69) is 552 Å². The monoisotopic (exact) mass is 1870 g/mol. The molecule has 0 saturated heterocycles. The van der Waals surface area contributed by atoms with Gasteiger partial charge in [0.25, 0.3) is 0 Å². The summed E-state index contributed by atoms with van der Waals surface area (Å²) in [5.41, 5.74) is 47.1. The molecule has 1 heterocycles. The third-order valence-corrected chi connectivity index (χ3v) is 36.4. The highest BCUT2D eigenvalue weighted by Gasteiger charge is 2.51. The zero-order chi connectivity index (χ0) is 99.7. The number of hydrogen-bond donors (Lipinski definition) is 0. The van der Waals surface area contributed by atoms with E-state index in [-0.39, 0.29) is 48.7 Å². The fourth-order valence-corrected chi connectivity index (χ4v) is 26.3. The number of hydrogen-bond acceptors (Lipinski definition) is 4. The fourth-order valence-electron chi connectivity index (χ4n) is 26.3. The third kappa shape index (κ3) is 13.6. The second-order valence-electron chi connectivity index (χ2n) is 46.3. The van der Waals surface area contributed by atoms with E-state index in [1.165, 1.54) is 200 Å². The normalized spacial score (nSPS) is 16.2. The Labute approximate surface area is 855 Å². The molecule has 0 atom stereocenters. The molecule has 0 N–H and O–H groups in total. The van der Waals surface area contributed by atoms with Crippen molar-refractivity contribution in [1.29, 1.82) is 0 Å². The summed E-state index contributed by atoms with van der Waals surface area (Å²) in [6.07, 6.45) is 0. The summed E-state index contributed by atoms with van der Waals surface area (Å²) >= 11 is 0. The summed E-state index contributed by atoms with van der Waals surface area (Å²) in [6, 6.07) is 156. The molecule has 6 aliphatic carbocycles. The van der Waals surface area contributed by atoms with Crippen molar-refractivity contribution in [3.8, 4) is 77.9 Å². The number of rotatable bonds is 10. The minimum atomic E-state index is -0.143. The van der Waals surface area contributed by atoms with Crippen LogP contribution in [-0.2, 0) is 48.7 Å². The number of furan rings is 1. The average Bonchev–Trinajstić information content (AvgIpc) is 1.70. The minimum Gasteiger partial charge on any atom is -0.456 e. The van der Waals surface area contributed by atoms with Crippen LogP contribution in [0, 0.1) is 0 Å². The molecule has 27 rings (SSSR count). The summed E-state index contributed by atoms with van der Waals surface area (Å²) < 4.78 is 6.45. The molecule has 0 amide bonds. The van der Waals surface area contributed by atoms with Crippen LogP contribution in [0.3, 0.4) is 0 Å². The Morgan fingerprint density at radius 3 is 0.917 bits per heavy atom. The summed E-state index contributed by atoms with van der Waals surface area (Å²) in [4.78, 5) is 7.31. The molecule has 21 aromatic rings. The first-order valence-electron chi connectivity index (χ1n) is 52.0. The Hall–Kier alpha value is -15.6. The van der Waals surface area contributed by atoms with Crippen LogP contribution in [0.15, 0.2) is 423 Å². The van der Waals surface area contributed by atoms with Gasteiger partial charge in [-0.3, -0.25) is 0 Å². The summed E-state index contributed by atoms with van der Waals surface area (Å²) in [6.45, 7) is 43.1. The minimum absolute atomic E-state index is 0.00279. The van der Waals surface area contributed by atoms with Gasteiger partial charge in [0, 0.05) is 84.3 Å². The lowest BCUT2D eigenvalue weighted by Gasteiger charge is -2.48. The Balaban J connectivity index is 0.000000114. The van der Waals surface area contributed by atoms with Gasteiger partial charge in [-0.05, 0) is 325 Å². The van der Waals surface area contributed by atoms with Crippen molar-refractivity contribution in [2.24, 2.45) is 0 Å². The molecular weight excluding hydrogens is 1750 g/mol. The zero-order valence-corrected chi connectivity index (χ0v) is 86.6. The topological polar surface area (TPSA) is 22.9 Å². The lowest BCUT2D eigenvalue weighted by Crippen LogP contribution is -2.43. The molecule has 6 aliphatic rings. The van der Waals surface area contributed by atoms with Crippen LogP contribution < -0.4 is 14.7 Å². The number of nitrogens with zero attached hydrogens (tertiary/aromatic N) is 3. The molecule has 0 fully saturated rings. The van der Waals surface area contributed by atoms with Crippen LogP contribution in [0.5, 0.6) is 0 Å². The highest BCUT2D eigenvalue weighted by atomic mass is 16.3. The molecule has 0 aliphatic heterocycles. The van der Waals surface area contributed by atoms with Crippen LogP contribution in [0.4, 0.5) is 51.2 Å². The fraction of sp³-hybridized carbons (Fsp3) is 0.191. The van der Waals surface area contributed by atoms with E-state index in [1.807, 2.05) is 6.07 Å². The van der Waals surface area contributed by atoms with E-state index in [4.69, 9.17) is 4.42 Å². The van der Waals surface area contributed by atoms with E-state index in [0.29, 0.717) is 0 Å². The van der Waals surface area contributed by atoms with Gasteiger partial charge in [0.1, 0.15) is 11.2 Å². The summed E-state index contributed by atoms with van der Waals surface area (Å²) in [5, 5.41) is 10.0. The molecule has 708 valence electrons. The van der Waals surface area contributed by atoms with Gasteiger partial charge in [-0.1, -0.05) is 422 Å². The van der Waals surface area contributed by atoms with Crippen molar-refractivity contribution in [2.45, 2.75) is 173 Å². The van der Waals surface area contributed by atoms with Gasteiger partial charge in [-0.2, -0.15) is 0 Å². The van der Waals surface area contributed by atoms with Crippen molar-refractivity contribution in [1.82, 2.24) is 0 Å². The molecule has 145 heavy (non-hydrogen) atoms. The van der Waals surface area contributed by atoms with Crippen molar-refractivity contribution < 1.29 is 4.42 Å². The molecule has 4 heteroatoms. The molecule has 0 radical (unpaired) electrons. The van der Waals surface area contributed by atoms with Crippen molar-refractivity contribution >= 4 is 105 Å². The van der Waals surface area contributed by atoms with Crippen molar-refractivity contribution in [2.75, 3.05) is 14.7 Å². The predicted octanol–water partition coefficient (Wildman–Crippen LogP) is 39.1. The first kappa shape index (κ1) is 90.6. The Morgan fingerprint density at radius 2 is 0.455 bits per heavy atom. The lowest BCUT2D eigenvalue weighted by molar-refractivity contribution is 0.299. The van der Waals surface area contributed by atoms with Gasteiger partial charge in [0.2, 0.25) is 0 Å². The van der Waals surface area contributed by atoms with Crippen molar-refractivity contribution in [3.63, 3.8) is 0 Å². The smallest absolute Gasteiger partial charge is 0.137 e. The average molecular weight is 1880 g/mol. The van der Waals surface area contributed by atoms with Crippen LogP contribution >= 0.6 is 0 Å². The summed E-state index contributed by atoms with van der Waals surface area (Å²) in [7, 11) is 0. The lowest BCUT2D eigenvalue weighted by atomic mass is 9.55. The molecule has 0 spiro atoms. The molecule has 0 saturated carbocycles. The molecule has 4 nitrogen and oxygen atoms in total. The van der Waals surface area contributed by atoms with E-state index in [9.17, 15) is 0 Å². The predicted molar refractivity (Wildman–Crippen MR) is 616 cm³/mol. The van der Waals surface area contributed by atoms with Gasteiger partial charge >= 0.3 is 0 Å². The van der Waals surface area contributed by atoms with Gasteiger partial charge < -0.3 is 19.1 Å².